The van der Waals surface area contributed by atoms with Crippen LogP contribution in [0.25, 0.3) is 27.5 Å². The Kier molecular flexibility index (Phi) is 5.01. The van der Waals surface area contributed by atoms with Gasteiger partial charge in [0.1, 0.15) is 16.9 Å². The topological polar surface area (TPSA) is 78.2 Å². The van der Waals surface area contributed by atoms with E-state index in [1.807, 2.05) is 67.6 Å². The van der Waals surface area contributed by atoms with Gasteiger partial charge in [0.15, 0.2) is 0 Å². The van der Waals surface area contributed by atoms with Crippen molar-refractivity contribution in [2.75, 3.05) is 14.2 Å². The molecule has 7 heteroatoms. The number of hydrogen-bond donors (Lipinski definition) is 1. The van der Waals surface area contributed by atoms with Crippen LogP contribution >= 0.6 is 0 Å². The highest BCUT2D eigenvalue weighted by atomic mass is 16.5. The fraction of sp³-hybridized carbons (Fsp3) is 0.154. The van der Waals surface area contributed by atoms with Gasteiger partial charge >= 0.3 is 0 Å². The van der Waals surface area contributed by atoms with Gasteiger partial charge in [-0.05, 0) is 42.3 Å². The molecule has 0 amide bonds. The molecule has 7 nitrogen and oxygen atoms in total. The maximum atomic E-state index is 13.6. The number of aromatic nitrogens is 3. The first-order chi connectivity index (χ1) is 16.0. The van der Waals surface area contributed by atoms with E-state index in [9.17, 15) is 9.59 Å². The van der Waals surface area contributed by atoms with Crippen LogP contribution in [0.4, 0.5) is 0 Å². The lowest BCUT2D eigenvalue weighted by Crippen LogP contribution is -2.26. The van der Waals surface area contributed by atoms with Crippen molar-refractivity contribution < 1.29 is 9.47 Å². The van der Waals surface area contributed by atoms with Crippen LogP contribution in [-0.2, 0) is 6.54 Å². The van der Waals surface area contributed by atoms with Gasteiger partial charge in [-0.3, -0.25) is 14.7 Å². The number of hydrogen-bond acceptors (Lipinski definition) is 4. The Bertz CT molecular complexity index is 1610. The maximum Gasteiger partial charge on any atom is 0.284 e. The standard InChI is InChI=1S/C26H23N3O4/c1-16-8-11-19(33-3)14-22(16)29-26(31)23-24(27-29)20-6-4-5-7-21(20)28(25(23)30)15-17-9-12-18(32-2)13-10-17/h4-14,27H,15H2,1-3H3. The Hall–Kier alpha value is -4.26. The molecule has 0 aliphatic carbocycles. The maximum absolute atomic E-state index is 13.6. The summed E-state index contributed by atoms with van der Waals surface area (Å²) in [6.07, 6.45) is 0. The number of methoxy groups -OCH3 is 2. The van der Waals surface area contributed by atoms with Gasteiger partial charge in [-0.2, -0.15) is 0 Å². The smallest absolute Gasteiger partial charge is 0.284 e. The fourth-order valence-corrected chi connectivity index (χ4v) is 4.19. The second-order valence-corrected chi connectivity index (χ2v) is 7.91. The van der Waals surface area contributed by atoms with Crippen molar-refractivity contribution in [1.82, 2.24) is 14.3 Å². The van der Waals surface area contributed by atoms with E-state index in [4.69, 9.17) is 9.47 Å². The number of fused-ring (bicyclic) bond motifs is 3. The Morgan fingerprint density at radius 2 is 1.55 bits per heavy atom. The molecule has 0 saturated heterocycles. The van der Waals surface area contributed by atoms with Crippen molar-refractivity contribution in [3.8, 4) is 17.2 Å². The Morgan fingerprint density at radius 3 is 2.27 bits per heavy atom. The Labute approximate surface area is 189 Å². The second kappa shape index (κ2) is 8.02. The lowest BCUT2D eigenvalue weighted by atomic mass is 10.1. The number of nitrogens with one attached hydrogen (secondary N) is 1. The highest BCUT2D eigenvalue weighted by molar-refractivity contribution is 6.03. The highest BCUT2D eigenvalue weighted by Crippen LogP contribution is 2.24. The van der Waals surface area contributed by atoms with Crippen LogP contribution in [0.15, 0.2) is 76.3 Å². The number of rotatable bonds is 5. The third-order valence-corrected chi connectivity index (χ3v) is 5.97. The van der Waals surface area contributed by atoms with E-state index >= 15 is 0 Å². The van der Waals surface area contributed by atoms with E-state index in [-0.39, 0.29) is 16.5 Å². The van der Waals surface area contributed by atoms with Gasteiger partial charge in [0.2, 0.25) is 0 Å². The number of aromatic amines is 1. The molecule has 0 unspecified atom stereocenters. The van der Waals surface area contributed by atoms with E-state index in [0.717, 1.165) is 27.8 Å². The van der Waals surface area contributed by atoms with Crippen molar-refractivity contribution >= 4 is 21.8 Å². The summed E-state index contributed by atoms with van der Waals surface area (Å²) in [4.78, 5) is 27.1. The molecule has 0 aliphatic heterocycles. The molecule has 2 heterocycles. The van der Waals surface area contributed by atoms with Gasteiger partial charge in [0, 0.05) is 11.5 Å². The van der Waals surface area contributed by atoms with E-state index in [1.54, 1.807) is 24.9 Å². The molecule has 33 heavy (non-hydrogen) atoms. The molecule has 0 saturated carbocycles. The van der Waals surface area contributed by atoms with Crippen LogP contribution in [-0.4, -0.2) is 28.6 Å². The van der Waals surface area contributed by atoms with Crippen LogP contribution in [0.1, 0.15) is 11.1 Å². The molecule has 0 spiro atoms. The second-order valence-electron chi connectivity index (χ2n) is 7.91. The van der Waals surface area contributed by atoms with Crippen molar-refractivity contribution in [2.24, 2.45) is 0 Å². The summed E-state index contributed by atoms with van der Waals surface area (Å²) in [7, 11) is 3.19. The summed E-state index contributed by atoms with van der Waals surface area (Å²) in [6.45, 7) is 2.24. The van der Waals surface area contributed by atoms with Gasteiger partial charge < -0.3 is 14.0 Å². The molecule has 3 aromatic carbocycles. The van der Waals surface area contributed by atoms with Crippen molar-refractivity contribution in [1.29, 1.82) is 0 Å². The first-order valence-electron chi connectivity index (χ1n) is 10.6. The predicted octanol–water partition coefficient (Wildman–Crippen LogP) is 4.01. The van der Waals surface area contributed by atoms with Gasteiger partial charge in [0.05, 0.1) is 37.5 Å². The molecule has 0 bridgehead atoms. The zero-order valence-corrected chi connectivity index (χ0v) is 18.6. The normalized spacial score (nSPS) is 11.2. The number of para-hydroxylation sites is 1. The van der Waals surface area contributed by atoms with Crippen molar-refractivity contribution in [3.05, 3.63) is 98.6 Å². The van der Waals surface area contributed by atoms with Crippen LogP contribution in [0.3, 0.4) is 0 Å². The lowest BCUT2D eigenvalue weighted by Gasteiger charge is -2.11. The van der Waals surface area contributed by atoms with Crippen LogP contribution in [0.5, 0.6) is 11.5 Å². The van der Waals surface area contributed by atoms with Crippen LogP contribution < -0.4 is 20.6 Å². The average Bonchev–Trinajstić information content (AvgIpc) is 3.19. The molecule has 1 N–H and O–H groups in total. The number of pyridine rings is 1. The van der Waals surface area contributed by atoms with Gasteiger partial charge in [-0.1, -0.05) is 36.4 Å². The minimum Gasteiger partial charge on any atom is -0.497 e. The average molecular weight is 441 g/mol. The predicted molar refractivity (Wildman–Crippen MR) is 129 cm³/mol. The number of H-pyrrole nitrogens is 1. The number of ether oxygens (including phenoxy) is 2. The Morgan fingerprint density at radius 1 is 0.848 bits per heavy atom. The van der Waals surface area contributed by atoms with Gasteiger partial charge in [-0.25, -0.2) is 4.68 Å². The molecule has 0 aliphatic rings. The summed E-state index contributed by atoms with van der Waals surface area (Å²) >= 11 is 0. The number of aryl methyl sites for hydroxylation is 1. The van der Waals surface area contributed by atoms with Crippen molar-refractivity contribution in [3.63, 3.8) is 0 Å². The summed E-state index contributed by atoms with van der Waals surface area (Å²) < 4.78 is 13.6. The molecule has 0 fully saturated rings. The quantitative estimate of drug-likeness (QED) is 0.447. The number of nitrogens with zero attached hydrogens (tertiary/aromatic N) is 2. The minimum absolute atomic E-state index is 0.129. The highest BCUT2D eigenvalue weighted by Gasteiger charge is 2.19. The van der Waals surface area contributed by atoms with E-state index in [2.05, 4.69) is 5.10 Å². The molecule has 5 aromatic rings. The SMILES string of the molecule is COc1ccc(Cn2c(=O)c3c(=O)n(-c4cc(OC)ccc4C)[nH]c3c3ccccc32)cc1. The summed E-state index contributed by atoms with van der Waals surface area (Å²) in [5, 5.41) is 4.11. The zero-order chi connectivity index (χ0) is 23.1. The summed E-state index contributed by atoms with van der Waals surface area (Å²) in [5.41, 5.74) is 3.01. The zero-order valence-electron chi connectivity index (χ0n) is 18.6. The molecular weight excluding hydrogens is 418 g/mol. The molecule has 2 aromatic heterocycles. The monoisotopic (exact) mass is 441 g/mol. The summed E-state index contributed by atoms with van der Waals surface area (Å²) in [5.74, 6) is 1.37. The molecular formula is C26H23N3O4. The van der Waals surface area contributed by atoms with Crippen molar-refractivity contribution in [2.45, 2.75) is 13.5 Å². The van der Waals surface area contributed by atoms with Gasteiger partial charge in [-0.15, -0.1) is 0 Å². The third kappa shape index (κ3) is 3.38. The Balaban J connectivity index is 1.78. The van der Waals surface area contributed by atoms with Crippen LogP contribution in [0.2, 0.25) is 0 Å². The van der Waals surface area contributed by atoms with E-state index in [1.165, 1.54) is 4.68 Å². The van der Waals surface area contributed by atoms with Crippen LogP contribution in [0, 0.1) is 6.92 Å². The first kappa shape index (κ1) is 20.6. The molecule has 0 radical (unpaired) electrons. The molecule has 166 valence electrons. The largest absolute Gasteiger partial charge is 0.497 e. The van der Waals surface area contributed by atoms with Gasteiger partial charge in [0.25, 0.3) is 11.1 Å². The first-order valence-corrected chi connectivity index (χ1v) is 10.6. The van der Waals surface area contributed by atoms with E-state index in [0.29, 0.717) is 23.5 Å². The molecule has 0 atom stereocenters. The summed E-state index contributed by atoms with van der Waals surface area (Å²) in [6, 6.07) is 20.6. The number of benzene rings is 3. The third-order valence-electron chi connectivity index (χ3n) is 5.97. The lowest BCUT2D eigenvalue weighted by molar-refractivity contribution is 0.414. The van der Waals surface area contributed by atoms with E-state index < -0.39 is 0 Å². The minimum atomic E-state index is -0.388. The molecule has 5 rings (SSSR count). The fourth-order valence-electron chi connectivity index (χ4n) is 4.19.